The normalized spacial score (nSPS) is 16.7. The Balaban J connectivity index is 1.03. The molecular weight excluding hydrogens is 809 g/mol. The van der Waals surface area contributed by atoms with Gasteiger partial charge in [0, 0.05) is 36.7 Å². The largest absolute Gasteiger partial charge is 0.496 e. The molecule has 0 saturated heterocycles. The van der Waals surface area contributed by atoms with Gasteiger partial charge in [0.25, 0.3) is 5.91 Å². The fraction of sp³-hybridized carbons (Fsp3) is 0.256. The molecule has 59 heavy (non-hydrogen) atoms. The molecule has 306 valence electrons. The molecule has 3 heterocycles. The van der Waals surface area contributed by atoms with Crippen LogP contribution >= 0.6 is 11.3 Å². The minimum absolute atomic E-state index is 0.0527. The fourth-order valence-corrected chi connectivity index (χ4v) is 9.60. The number of nitrogens with one attached hydrogen (secondary N) is 2. The SMILES string of the molecule is CCS(=O)(=O)Nc1ccc(C2=NN(C(C)=O)C(c3cc(CCS(=O)(=O)Nc4ccc(C5=NN(C(=O)c6cccs6)C(c6ccccc6C)C5)cc4)ccc3OC)C2)cc1. The maximum Gasteiger partial charge on any atom is 0.284 e. The molecule has 0 aliphatic carbocycles. The average molecular weight is 853 g/mol. The molecule has 1 aromatic heterocycles. The Morgan fingerprint density at radius 1 is 0.763 bits per heavy atom. The third-order valence-electron chi connectivity index (χ3n) is 10.3. The first-order chi connectivity index (χ1) is 28.2. The molecule has 2 atom stereocenters. The first-order valence-corrected chi connectivity index (χ1v) is 23.2. The van der Waals surface area contributed by atoms with Crippen LogP contribution in [0.4, 0.5) is 11.4 Å². The molecule has 0 bridgehead atoms. The van der Waals surface area contributed by atoms with Gasteiger partial charge >= 0.3 is 0 Å². The van der Waals surface area contributed by atoms with Crippen molar-refractivity contribution in [2.75, 3.05) is 28.1 Å². The van der Waals surface area contributed by atoms with Crippen molar-refractivity contribution in [3.05, 3.63) is 147 Å². The number of thiophene rings is 1. The molecule has 16 heteroatoms. The van der Waals surface area contributed by atoms with Crippen molar-refractivity contribution in [1.82, 2.24) is 10.0 Å². The van der Waals surface area contributed by atoms with Crippen molar-refractivity contribution in [2.24, 2.45) is 10.2 Å². The number of hydrogen-bond acceptors (Lipinski definition) is 10. The lowest BCUT2D eigenvalue weighted by atomic mass is 9.95. The highest BCUT2D eigenvalue weighted by Crippen LogP contribution is 2.39. The summed E-state index contributed by atoms with van der Waals surface area (Å²) >= 11 is 1.37. The highest BCUT2D eigenvalue weighted by Gasteiger charge is 2.36. The van der Waals surface area contributed by atoms with Gasteiger partial charge in [0.15, 0.2) is 0 Å². The molecule has 5 aromatic rings. The van der Waals surface area contributed by atoms with Crippen LogP contribution in [-0.4, -0.2) is 68.7 Å². The van der Waals surface area contributed by atoms with Crippen molar-refractivity contribution >= 4 is 66.0 Å². The summed E-state index contributed by atoms with van der Waals surface area (Å²) < 4.78 is 61.7. The summed E-state index contributed by atoms with van der Waals surface area (Å²) in [5.41, 5.74) is 7.20. The van der Waals surface area contributed by atoms with Crippen LogP contribution < -0.4 is 14.2 Å². The fourth-order valence-electron chi connectivity index (χ4n) is 7.20. The number of hydrogen-bond donors (Lipinski definition) is 2. The van der Waals surface area contributed by atoms with Crippen LogP contribution in [0.2, 0.25) is 0 Å². The number of carbonyl (C=O) groups excluding carboxylic acids is 2. The first kappa shape index (κ1) is 41.3. The Morgan fingerprint density at radius 3 is 1.92 bits per heavy atom. The summed E-state index contributed by atoms with van der Waals surface area (Å²) in [6.07, 6.45) is 1.05. The van der Waals surface area contributed by atoms with Gasteiger partial charge in [0.05, 0.1) is 47.0 Å². The van der Waals surface area contributed by atoms with Crippen LogP contribution in [0.25, 0.3) is 0 Å². The van der Waals surface area contributed by atoms with Gasteiger partial charge in [-0.05, 0) is 95.9 Å². The van der Waals surface area contributed by atoms with Gasteiger partial charge in [-0.3, -0.25) is 19.0 Å². The predicted molar refractivity (Wildman–Crippen MR) is 232 cm³/mol. The topological polar surface area (TPSA) is 167 Å². The van der Waals surface area contributed by atoms with E-state index in [1.54, 1.807) is 78.7 Å². The number of rotatable bonds is 14. The van der Waals surface area contributed by atoms with Crippen LogP contribution in [0, 0.1) is 6.92 Å². The summed E-state index contributed by atoms with van der Waals surface area (Å²) in [6.45, 7) is 5.00. The molecule has 0 spiro atoms. The molecule has 2 aliphatic rings. The summed E-state index contributed by atoms with van der Waals surface area (Å²) in [5.74, 6) is -0.177. The van der Waals surface area contributed by atoms with E-state index < -0.39 is 26.1 Å². The zero-order chi connectivity index (χ0) is 41.9. The van der Waals surface area contributed by atoms with Gasteiger partial charge in [-0.1, -0.05) is 60.7 Å². The number of amides is 2. The summed E-state index contributed by atoms with van der Waals surface area (Å²) in [5, 5.41) is 14.2. The van der Waals surface area contributed by atoms with E-state index in [0.717, 1.165) is 33.5 Å². The van der Waals surface area contributed by atoms with Crippen LogP contribution in [0.3, 0.4) is 0 Å². The minimum Gasteiger partial charge on any atom is -0.496 e. The Bertz CT molecular complexity index is 2650. The second kappa shape index (κ2) is 17.2. The van der Waals surface area contributed by atoms with Gasteiger partial charge in [0.2, 0.25) is 26.0 Å². The standard InChI is InChI=1S/C43H44N6O7S3/c1-5-58(52,53)46-33-17-13-31(14-18-33)37-27-40(48(44-37)29(3)50)36-25-30(12-21-41(36)56-4)22-24-59(54,55)47-34-19-15-32(16-20-34)38-26-39(35-10-7-6-9-28(35)2)49(45-38)43(51)42-11-8-23-57-42/h6-21,23,25,39-40,46-47H,5,22,24,26-27H2,1-4H3. The molecule has 0 radical (unpaired) electrons. The van der Waals surface area contributed by atoms with Gasteiger partial charge in [-0.25, -0.2) is 26.9 Å². The zero-order valence-electron chi connectivity index (χ0n) is 33.0. The van der Waals surface area contributed by atoms with Crippen molar-refractivity contribution in [2.45, 2.75) is 52.1 Å². The molecule has 2 amide bonds. The maximum absolute atomic E-state index is 13.5. The van der Waals surface area contributed by atoms with Crippen molar-refractivity contribution in [1.29, 1.82) is 0 Å². The Labute approximate surface area is 348 Å². The van der Waals surface area contributed by atoms with E-state index >= 15 is 0 Å². The molecule has 0 fully saturated rings. The molecule has 2 aliphatic heterocycles. The van der Waals surface area contributed by atoms with Crippen LogP contribution in [0.5, 0.6) is 5.75 Å². The van der Waals surface area contributed by atoms with Gasteiger partial charge in [0.1, 0.15) is 5.75 Å². The molecule has 4 aromatic carbocycles. The third kappa shape index (κ3) is 9.40. The van der Waals surface area contributed by atoms with E-state index in [1.807, 2.05) is 48.7 Å². The molecular formula is C43H44N6O7S3. The third-order valence-corrected chi connectivity index (χ3v) is 13.8. The first-order valence-electron chi connectivity index (χ1n) is 19.0. The quantitative estimate of drug-likeness (QED) is 0.117. The average Bonchev–Trinajstić information content (AvgIpc) is 4.02. The number of aryl methyl sites for hydroxylation is 2. The minimum atomic E-state index is -3.79. The van der Waals surface area contributed by atoms with Crippen molar-refractivity contribution in [3.63, 3.8) is 0 Å². The Hall–Kier alpha value is -5.84. The number of anilines is 2. The molecule has 13 nitrogen and oxygen atoms in total. The number of ether oxygens (including phenoxy) is 1. The number of hydrazone groups is 2. The van der Waals surface area contributed by atoms with E-state index in [0.29, 0.717) is 46.1 Å². The number of benzene rings is 4. The van der Waals surface area contributed by atoms with Crippen molar-refractivity contribution in [3.8, 4) is 5.75 Å². The zero-order valence-corrected chi connectivity index (χ0v) is 35.4. The molecule has 2 N–H and O–H groups in total. The number of carbonyl (C=O) groups is 2. The van der Waals surface area contributed by atoms with E-state index in [4.69, 9.17) is 9.84 Å². The van der Waals surface area contributed by atoms with Gasteiger partial charge < -0.3 is 4.74 Å². The highest BCUT2D eigenvalue weighted by molar-refractivity contribution is 7.92. The van der Waals surface area contributed by atoms with E-state index in [9.17, 15) is 26.4 Å². The molecule has 7 rings (SSSR count). The number of sulfonamides is 2. The second-order valence-corrected chi connectivity index (χ2v) is 19.1. The van der Waals surface area contributed by atoms with Crippen LogP contribution in [0.1, 0.15) is 81.8 Å². The lowest BCUT2D eigenvalue weighted by Crippen LogP contribution is -2.26. The van der Waals surface area contributed by atoms with Crippen molar-refractivity contribution < 1.29 is 31.2 Å². The van der Waals surface area contributed by atoms with Gasteiger partial charge in [-0.2, -0.15) is 10.2 Å². The Kier molecular flexibility index (Phi) is 12.0. The van der Waals surface area contributed by atoms with Gasteiger partial charge in [-0.15, -0.1) is 11.3 Å². The smallest absolute Gasteiger partial charge is 0.284 e. The second-order valence-electron chi connectivity index (χ2n) is 14.3. The van der Waals surface area contributed by atoms with E-state index in [2.05, 4.69) is 14.5 Å². The monoisotopic (exact) mass is 852 g/mol. The Morgan fingerprint density at radius 2 is 1.36 bits per heavy atom. The summed E-state index contributed by atoms with van der Waals surface area (Å²) in [4.78, 5) is 27.0. The maximum atomic E-state index is 13.5. The lowest BCUT2D eigenvalue weighted by Gasteiger charge is -2.23. The predicted octanol–water partition coefficient (Wildman–Crippen LogP) is 7.50. The molecule has 0 saturated carbocycles. The molecule has 2 unspecified atom stereocenters. The lowest BCUT2D eigenvalue weighted by molar-refractivity contribution is -0.130. The number of nitrogens with zero attached hydrogens (tertiary/aromatic N) is 4. The highest BCUT2D eigenvalue weighted by atomic mass is 32.2. The summed E-state index contributed by atoms with van der Waals surface area (Å²) in [7, 11) is -5.69. The van der Waals surface area contributed by atoms with E-state index in [1.165, 1.54) is 30.4 Å². The van der Waals surface area contributed by atoms with Crippen LogP contribution in [-0.2, 0) is 31.3 Å². The summed E-state index contributed by atoms with van der Waals surface area (Å²) in [6, 6.07) is 30.0. The number of methoxy groups -OCH3 is 1. The van der Waals surface area contributed by atoms with Crippen LogP contribution in [0.15, 0.2) is 119 Å². The van der Waals surface area contributed by atoms with E-state index in [-0.39, 0.29) is 35.8 Å².